The first-order valence-electron chi connectivity index (χ1n) is 0. The Morgan fingerprint density at radius 1 is 0.444 bits per heavy atom. The van der Waals surface area contributed by atoms with Crippen LogP contribution >= 0.6 is 12.4 Å². The third-order valence-electron chi connectivity index (χ3n) is 0. The van der Waals surface area contributed by atoms with Gasteiger partial charge in [-0.2, -0.15) is 0 Å². The Labute approximate surface area is 68.9 Å². The molecule has 1 radical (unpaired) electrons. The largest absolute Gasteiger partial charge is 0.412 e. The van der Waals surface area contributed by atoms with Crippen LogP contribution in [-0.2, 0) is 16.8 Å². The number of halogens is 1. The predicted octanol–water partition coefficient (Wildman–Crippen LogP) is -4.37. The van der Waals surface area contributed by atoms with Crippen LogP contribution in [-0.4, -0.2) is 32.9 Å². The van der Waals surface area contributed by atoms with Crippen molar-refractivity contribution in [1.29, 1.82) is 0 Å². The fourth-order valence-electron chi connectivity index (χ4n) is 0. The molecule has 0 atom stereocenters. The van der Waals surface area contributed by atoms with E-state index in [0.717, 1.165) is 0 Å². The van der Waals surface area contributed by atoms with Gasteiger partial charge >= 0.3 is 0 Å². The topological polar surface area (TPSA) is 224 Å². The van der Waals surface area contributed by atoms with E-state index in [4.69, 9.17) is 0 Å². The molecule has 0 aliphatic heterocycles. The minimum atomic E-state index is 0. The van der Waals surface area contributed by atoms with E-state index in [1.165, 1.54) is 0 Å². The molecule has 0 heterocycles. The Bertz CT molecular complexity index is 13.0. The molecule has 15 N–H and O–H groups in total. The minimum absolute atomic E-state index is 0. The third kappa shape index (κ3) is 1360. The summed E-state index contributed by atoms with van der Waals surface area (Å²) in [6.45, 7) is 0. The summed E-state index contributed by atoms with van der Waals surface area (Å²) in [5, 5.41) is 0. The fraction of sp³-hybridized carbons (Fsp3) is 0. The maximum absolute atomic E-state index is 0. The average molecular weight is 221 g/mol. The van der Waals surface area contributed by atoms with Gasteiger partial charge in [0.1, 0.15) is 0 Å². The summed E-state index contributed by atoms with van der Waals surface area (Å²) in [6, 6.07) is 0. The maximum Gasteiger partial charge on any atom is 0 e. The van der Waals surface area contributed by atoms with E-state index < -0.39 is 0 Å². The van der Waals surface area contributed by atoms with Crippen LogP contribution < -0.4 is 6.15 Å². The van der Waals surface area contributed by atoms with Crippen molar-refractivity contribution in [3.8, 4) is 0 Å². The summed E-state index contributed by atoms with van der Waals surface area (Å²) in [4.78, 5) is 0. The van der Waals surface area contributed by atoms with Crippen molar-refractivity contribution in [2.45, 2.75) is 0 Å². The molecule has 0 bridgehead atoms. The summed E-state index contributed by atoms with van der Waals surface area (Å²) in [6.07, 6.45) is 0. The summed E-state index contributed by atoms with van der Waals surface area (Å²) < 4.78 is 0. The van der Waals surface area contributed by atoms with E-state index in [1.807, 2.05) is 0 Å². The Kier molecular flexibility index (Phi) is 519000. The average Bonchev–Trinajstić information content (AvgIpc) is 0. The first-order chi connectivity index (χ1) is 0. The van der Waals surface area contributed by atoms with Crippen molar-refractivity contribution in [1.82, 2.24) is 6.15 Å². The van der Waals surface area contributed by atoms with Crippen molar-refractivity contribution < 1.29 is 49.6 Å². The monoisotopic (exact) mass is 220 g/mol. The van der Waals surface area contributed by atoms with Crippen LogP contribution in [0.15, 0.2) is 0 Å². The van der Waals surface area contributed by atoms with E-state index in [1.54, 1.807) is 0 Å². The molecule has 0 saturated heterocycles. The van der Waals surface area contributed by atoms with Gasteiger partial charge in [-0.3, -0.25) is 0 Å². The summed E-state index contributed by atoms with van der Waals surface area (Å²) in [7, 11) is 0. The first-order valence-corrected chi connectivity index (χ1v) is 0. The summed E-state index contributed by atoms with van der Waals surface area (Å²) in [5.74, 6) is 0. The van der Waals surface area contributed by atoms with Crippen LogP contribution in [0.25, 0.3) is 0 Å². The Morgan fingerprint density at radius 3 is 0.444 bits per heavy atom. The van der Waals surface area contributed by atoms with E-state index in [2.05, 4.69) is 0 Å². The van der Waals surface area contributed by atoms with Crippen LogP contribution in [0, 0.1) is 0 Å². The molecule has 0 aromatic carbocycles. The smallest absolute Gasteiger partial charge is 0 e. The van der Waals surface area contributed by atoms with Gasteiger partial charge in [-0.15, -0.1) is 12.4 Å². The molecule has 0 aromatic rings. The van der Waals surface area contributed by atoms with Gasteiger partial charge in [0.05, 0.1) is 0 Å². The molecule has 0 unspecified atom stereocenters. The predicted molar refractivity (Wildman–Crippen MR) is 34.0 cm³/mol. The molecule has 0 aliphatic rings. The van der Waals surface area contributed by atoms with E-state index in [9.17, 15) is 0 Å². The SMILES string of the molecule is Cl.N.O.O.O.O.O.O.[Co]. The molecule has 7 nitrogen and oxygen atoms in total. The summed E-state index contributed by atoms with van der Waals surface area (Å²) >= 11 is 0. The molecule has 73 valence electrons. The maximum atomic E-state index is 0. The van der Waals surface area contributed by atoms with Crippen LogP contribution in [0.2, 0.25) is 0 Å². The van der Waals surface area contributed by atoms with Gasteiger partial charge < -0.3 is 39.0 Å². The molecular weight excluding hydrogens is 204 g/mol. The Hall–Kier alpha value is 0.516. The second-order valence-corrected chi connectivity index (χ2v) is 0. The number of hydrogen-bond donors (Lipinski definition) is 1. The number of hydrogen-bond acceptors (Lipinski definition) is 1. The van der Waals surface area contributed by atoms with E-state index in [0.29, 0.717) is 0 Å². The van der Waals surface area contributed by atoms with Crippen LogP contribution in [0.4, 0.5) is 0 Å². The zero-order chi connectivity index (χ0) is 0. The molecule has 0 aromatic heterocycles. The second-order valence-electron chi connectivity index (χ2n) is 0. The van der Waals surface area contributed by atoms with Crippen molar-refractivity contribution in [2.24, 2.45) is 0 Å². The van der Waals surface area contributed by atoms with Crippen LogP contribution in [0.5, 0.6) is 0 Å². The molecule has 9 heteroatoms. The van der Waals surface area contributed by atoms with Gasteiger partial charge in [0.2, 0.25) is 0 Å². The minimum Gasteiger partial charge on any atom is -0.412 e. The van der Waals surface area contributed by atoms with Gasteiger partial charge in [0.15, 0.2) is 0 Å². The molecule has 0 spiro atoms. The van der Waals surface area contributed by atoms with E-state index >= 15 is 0 Å². The molecule has 0 amide bonds. The Morgan fingerprint density at radius 2 is 0.444 bits per heavy atom. The van der Waals surface area contributed by atoms with Gasteiger partial charge in [-0.25, -0.2) is 0 Å². The molecule has 9 heavy (non-hydrogen) atoms. The van der Waals surface area contributed by atoms with Gasteiger partial charge in [0, 0.05) is 16.8 Å². The summed E-state index contributed by atoms with van der Waals surface area (Å²) in [5.41, 5.74) is 0. The van der Waals surface area contributed by atoms with Crippen molar-refractivity contribution >= 4 is 12.4 Å². The molecular formula is H16ClCoNO6. The van der Waals surface area contributed by atoms with Crippen molar-refractivity contribution in [2.75, 3.05) is 0 Å². The third-order valence-corrected chi connectivity index (χ3v) is 0. The normalized spacial score (nSPS) is 0. The molecule has 0 rings (SSSR count). The van der Waals surface area contributed by atoms with Crippen molar-refractivity contribution in [3.05, 3.63) is 0 Å². The van der Waals surface area contributed by atoms with E-state index in [-0.39, 0.29) is 68.2 Å². The quantitative estimate of drug-likeness (QED) is 0.419. The zero-order valence-corrected chi connectivity index (χ0v) is 6.31. The van der Waals surface area contributed by atoms with Gasteiger partial charge in [-0.05, 0) is 0 Å². The van der Waals surface area contributed by atoms with Crippen molar-refractivity contribution in [3.63, 3.8) is 0 Å². The van der Waals surface area contributed by atoms with Crippen LogP contribution in [0.3, 0.4) is 0 Å². The first kappa shape index (κ1) is 2590. The zero-order valence-electron chi connectivity index (χ0n) is 4.45. The standard InChI is InChI=1S/ClH.Co.H3N.6H2O/h1H;;1H3;6*1H2. The second kappa shape index (κ2) is 1800. The van der Waals surface area contributed by atoms with Gasteiger partial charge in [0.25, 0.3) is 0 Å². The van der Waals surface area contributed by atoms with Crippen LogP contribution in [0.1, 0.15) is 0 Å². The molecule has 0 saturated carbocycles. The Balaban J connectivity index is 0. The fourth-order valence-corrected chi connectivity index (χ4v) is 0. The molecule has 0 aliphatic carbocycles. The van der Waals surface area contributed by atoms with Gasteiger partial charge in [-0.1, -0.05) is 0 Å². The number of rotatable bonds is 0. The molecule has 0 fully saturated rings.